The predicted octanol–water partition coefficient (Wildman–Crippen LogP) is 2.42. The first-order chi connectivity index (χ1) is 12.1. The zero-order chi connectivity index (χ0) is 17.3. The van der Waals surface area contributed by atoms with Gasteiger partial charge in [-0.15, -0.1) is 0 Å². The Balaban J connectivity index is 1.51. The summed E-state index contributed by atoms with van der Waals surface area (Å²) in [4.78, 5) is 17.0. The van der Waals surface area contributed by atoms with Crippen molar-refractivity contribution in [2.75, 3.05) is 0 Å². The maximum atomic E-state index is 12.7. The highest BCUT2D eigenvalue weighted by Gasteiger charge is 2.41. The van der Waals surface area contributed by atoms with Crippen molar-refractivity contribution in [1.29, 1.82) is 0 Å². The van der Waals surface area contributed by atoms with E-state index in [0.717, 1.165) is 25.7 Å². The molecule has 1 saturated carbocycles. The van der Waals surface area contributed by atoms with Crippen molar-refractivity contribution in [3.63, 3.8) is 0 Å². The van der Waals surface area contributed by atoms with Crippen LogP contribution in [0, 0.1) is 6.92 Å². The number of carbonyl (C=O) groups is 1. The Morgan fingerprint density at radius 3 is 2.88 bits per heavy atom. The summed E-state index contributed by atoms with van der Waals surface area (Å²) in [7, 11) is 0. The number of furan rings is 1. The summed E-state index contributed by atoms with van der Waals surface area (Å²) in [6.45, 7) is 2.23. The third-order valence-corrected chi connectivity index (χ3v) is 4.53. The van der Waals surface area contributed by atoms with Gasteiger partial charge in [-0.25, -0.2) is 0 Å². The Bertz CT molecular complexity index is 859. The van der Waals surface area contributed by atoms with Gasteiger partial charge in [-0.1, -0.05) is 18.0 Å². The first kappa shape index (κ1) is 15.6. The van der Waals surface area contributed by atoms with E-state index in [-0.39, 0.29) is 11.7 Å². The van der Waals surface area contributed by atoms with E-state index in [1.54, 1.807) is 29.9 Å². The van der Waals surface area contributed by atoms with Crippen molar-refractivity contribution in [2.45, 2.75) is 44.7 Å². The summed E-state index contributed by atoms with van der Waals surface area (Å²) in [5.41, 5.74) is -0.580. The van der Waals surface area contributed by atoms with Crippen LogP contribution >= 0.6 is 0 Å². The molecular weight excluding hydrogens is 322 g/mol. The standard InChI is InChI=1S/C17H19N5O3/c1-12-19-16(21-25-12)17(7-2-3-8-17)20-15(23)14-6-5-13(24-14)11-22-10-4-9-18-22/h4-6,9-10H,2-3,7-8,11H2,1H3,(H,20,23). The Morgan fingerprint density at radius 1 is 1.36 bits per heavy atom. The Labute approximate surface area is 144 Å². The van der Waals surface area contributed by atoms with Gasteiger partial charge >= 0.3 is 0 Å². The Morgan fingerprint density at radius 2 is 2.20 bits per heavy atom. The summed E-state index contributed by atoms with van der Waals surface area (Å²) in [5, 5.41) is 11.2. The first-order valence-corrected chi connectivity index (χ1v) is 8.34. The normalized spacial score (nSPS) is 16.2. The number of amides is 1. The molecule has 0 aromatic carbocycles. The molecule has 0 atom stereocenters. The number of nitrogens with one attached hydrogen (secondary N) is 1. The second-order valence-electron chi connectivity index (χ2n) is 6.35. The van der Waals surface area contributed by atoms with Crippen LogP contribution in [0.2, 0.25) is 0 Å². The monoisotopic (exact) mass is 341 g/mol. The second kappa shape index (κ2) is 6.19. The summed E-state index contributed by atoms with van der Waals surface area (Å²) in [6.07, 6.45) is 7.14. The van der Waals surface area contributed by atoms with Gasteiger partial charge < -0.3 is 14.3 Å². The lowest BCUT2D eigenvalue weighted by Gasteiger charge is -2.26. The predicted molar refractivity (Wildman–Crippen MR) is 86.7 cm³/mol. The van der Waals surface area contributed by atoms with Crippen LogP contribution in [0.1, 0.15) is 53.7 Å². The highest BCUT2D eigenvalue weighted by molar-refractivity contribution is 5.92. The molecule has 1 N–H and O–H groups in total. The number of aromatic nitrogens is 4. The van der Waals surface area contributed by atoms with Crippen molar-refractivity contribution < 1.29 is 13.7 Å². The minimum Gasteiger partial charge on any atom is -0.454 e. The van der Waals surface area contributed by atoms with Gasteiger partial charge in [0, 0.05) is 19.3 Å². The summed E-state index contributed by atoms with van der Waals surface area (Å²) >= 11 is 0. The third-order valence-electron chi connectivity index (χ3n) is 4.53. The van der Waals surface area contributed by atoms with Gasteiger partial charge in [-0.3, -0.25) is 9.48 Å². The number of nitrogens with zero attached hydrogens (tertiary/aromatic N) is 4. The van der Waals surface area contributed by atoms with Crippen LogP contribution in [-0.2, 0) is 12.1 Å². The Hall–Kier alpha value is -2.90. The first-order valence-electron chi connectivity index (χ1n) is 8.34. The molecule has 0 unspecified atom stereocenters. The SMILES string of the molecule is Cc1nc(C2(NC(=O)c3ccc(Cn4cccn4)o3)CCCC2)no1. The van der Waals surface area contributed by atoms with E-state index in [2.05, 4.69) is 20.6 Å². The van der Waals surface area contributed by atoms with Crippen LogP contribution < -0.4 is 5.32 Å². The molecular formula is C17H19N5O3. The lowest BCUT2D eigenvalue weighted by atomic mass is 9.96. The summed E-state index contributed by atoms with van der Waals surface area (Å²) in [5.74, 6) is 1.71. The molecule has 1 fully saturated rings. The van der Waals surface area contributed by atoms with Gasteiger partial charge in [-0.05, 0) is 31.0 Å². The average Bonchev–Trinajstić information content (AvgIpc) is 3.34. The molecule has 0 saturated heterocycles. The number of hydrogen-bond acceptors (Lipinski definition) is 6. The van der Waals surface area contributed by atoms with Crippen LogP contribution in [0.15, 0.2) is 39.5 Å². The molecule has 3 aromatic heterocycles. The van der Waals surface area contributed by atoms with Crippen LogP contribution in [0.3, 0.4) is 0 Å². The zero-order valence-electron chi connectivity index (χ0n) is 13.9. The van der Waals surface area contributed by atoms with Gasteiger partial charge in [-0.2, -0.15) is 10.1 Å². The fourth-order valence-corrected chi connectivity index (χ4v) is 3.29. The maximum Gasteiger partial charge on any atom is 0.287 e. The van der Waals surface area contributed by atoms with E-state index in [1.807, 2.05) is 12.3 Å². The van der Waals surface area contributed by atoms with Gasteiger partial charge in [0.2, 0.25) is 5.89 Å². The fraction of sp³-hybridized carbons (Fsp3) is 0.412. The molecule has 3 aromatic rings. The molecule has 8 heteroatoms. The molecule has 1 aliphatic carbocycles. The summed E-state index contributed by atoms with van der Waals surface area (Å²) < 4.78 is 12.5. The van der Waals surface area contributed by atoms with E-state index in [0.29, 0.717) is 24.0 Å². The number of hydrogen-bond donors (Lipinski definition) is 1. The van der Waals surface area contributed by atoms with Crippen LogP contribution in [0.5, 0.6) is 0 Å². The molecule has 0 radical (unpaired) electrons. The molecule has 4 rings (SSSR count). The molecule has 3 heterocycles. The molecule has 25 heavy (non-hydrogen) atoms. The van der Waals surface area contributed by atoms with Crippen molar-refractivity contribution in [2.24, 2.45) is 0 Å². The molecule has 130 valence electrons. The zero-order valence-corrected chi connectivity index (χ0v) is 13.9. The summed E-state index contributed by atoms with van der Waals surface area (Å²) in [6, 6.07) is 5.31. The van der Waals surface area contributed by atoms with E-state index < -0.39 is 5.54 Å². The molecule has 0 bridgehead atoms. The number of carbonyl (C=O) groups excluding carboxylic acids is 1. The van der Waals surface area contributed by atoms with Crippen molar-refractivity contribution in [1.82, 2.24) is 25.2 Å². The van der Waals surface area contributed by atoms with E-state index in [4.69, 9.17) is 8.94 Å². The van der Waals surface area contributed by atoms with Crippen molar-refractivity contribution in [3.05, 3.63) is 53.8 Å². The maximum absolute atomic E-state index is 12.7. The smallest absolute Gasteiger partial charge is 0.287 e. The van der Waals surface area contributed by atoms with Crippen molar-refractivity contribution >= 4 is 5.91 Å². The van der Waals surface area contributed by atoms with Crippen LogP contribution in [-0.4, -0.2) is 25.8 Å². The Kier molecular flexibility index (Phi) is 3.87. The van der Waals surface area contributed by atoms with Gasteiger partial charge in [0.1, 0.15) is 11.3 Å². The molecule has 1 amide bonds. The minimum atomic E-state index is -0.580. The van der Waals surface area contributed by atoms with E-state index in [9.17, 15) is 4.79 Å². The second-order valence-corrected chi connectivity index (χ2v) is 6.35. The van der Waals surface area contributed by atoms with Crippen molar-refractivity contribution in [3.8, 4) is 0 Å². The minimum absolute atomic E-state index is 0.268. The molecule has 8 nitrogen and oxygen atoms in total. The van der Waals surface area contributed by atoms with Gasteiger partial charge in [0.15, 0.2) is 11.6 Å². The average molecular weight is 341 g/mol. The quantitative estimate of drug-likeness (QED) is 0.765. The number of rotatable bonds is 5. The van der Waals surface area contributed by atoms with E-state index >= 15 is 0 Å². The van der Waals surface area contributed by atoms with Gasteiger partial charge in [0.25, 0.3) is 5.91 Å². The third kappa shape index (κ3) is 3.07. The van der Waals surface area contributed by atoms with E-state index in [1.165, 1.54) is 0 Å². The molecule has 0 aliphatic heterocycles. The lowest BCUT2D eigenvalue weighted by Crippen LogP contribution is -2.44. The number of aryl methyl sites for hydroxylation is 1. The van der Waals surface area contributed by atoms with Crippen LogP contribution in [0.25, 0.3) is 0 Å². The highest BCUT2D eigenvalue weighted by atomic mass is 16.5. The van der Waals surface area contributed by atoms with Gasteiger partial charge in [0.05, 0.1) is 6.54 Å². The fourth-order valence-electron chi connectivity index (χ4n) is 3.29. The largest absolute Gasteiger partial charge is 0.454 e. The lowest BCUT2D eigenvalue weighted by molar-refractivity contribution is 0.0861. The topological polar surface area (TPSA) is 99.0 Å². The molecule has 1 aliphatic rings. The highest BCUT2D eigenvalue weighted by Crippen LogP contribution is 2.37. The van der Waals surface area contributed by atoms with Crippen LogP contribution in [0.4, 0.5) is 0 Å². The molecule has 0 spiro atoms.